The van der Waals surface area contributed by atoms with E-state index < -0.39 is 0 Å². The van der Waals surface area contributed by atoms with Crippen LogP contribution in [0.3, 0.4) is 0 Å². The van der Waals surface area contributed by atoms with Crippen LogP contribution in [-0.2, 0) is 6.61 Å². The number of piperidine rings is 1. The van der Waals surface area contributed by atoms with Crippen molar-refractivity contribution in [2.75, 3.05) is 20.2 Å². The lowest BCUT2D eigenvalue weighted by Gasteiger charge is -2.30. The van der Waals surface area contributed by atoms with Crippen molar-refractivity contribution in [3.8, 4) is 11.5 Å². The maximum Gasteiger partial charge on any atom is 0.253 e. The first kappa shape index (κ1) is 19.3. The Balaban J connectivity index is 1.55. The van der Waals surface area contributed by atoms with Gasteiger partial charge in [-0.2, -0.15) is 0 Å². The van der Waals surface area contributed by atoms with Crippen molar-refractivity contribution in [3.05, 3.63) is 71.8 Å². The highest BCUT2D eigenvalue weighted by Crippen LogP contribution is 2.28. The molecule has 4 heteroatoms. The number of fused-ring (bicyclic) bond motifs is 1. The van der Waals surface area contributed by atoms with E-state index in [1.807, 2.05) is 47.4 Å². The Labute approximate surface area is 172 Å². The van der Waals surface area contributed by atoms with Crippen molar-refractivity contribution in [2.24, 2.45) is 5.92 Å². The molecule has 1 saturated heterocycles. The van der Waals surface area contributed by atoms with Crippen LogP contribution in [0.15, 0.2) is 60.7 Å². The summed E-state index contributed by atoms with van der Waals surface area (Å²) in [6.07, 6.45) is 2.14. The van der Waals surface area contributed by atoms with Crippen LogP contribution in [0.1, 0.15) is 35.7 Å². The number of hydrogen-bond donors (Lipinski definition) is 0. The number of rotatable bonds is 5. The quantitative estimate of drug-likeness (QED) is 0.594. The molecule has 0 aromatic heterocycles. The monoisotopic (exact) mass is 389 g/mol. The molecule has 4 nitrogen and oxygen atoms in total. The predicted molar refractivity (Wildman–Crippen MR) is 116 cm³/mol. The first-order valence-corrected chi connectivity index (χ1v) is 10.2. The van der Waals surface area contributed by atoms with Crippen LogP contribution in [0.25, 0.3) is 10.8 Å². The van der Waals surface area contributed by atoms with Gasteiger partial charge in [-0.15, -0.1) is 0 Å². The molecule has 0 atom stereocenters. The highest BCUT2D eigenvalue weighted by molar-refractivity contribution is 5.94. The van der Waals surface area contributed by atoms with Gasteiger partial charge in [0.15, 0.2) is 0 Å². The summed E-state index contributed by atoms with van der Waals surface area (Å²) in [7, 11) is 1.64. The molecular weight excluding hydrogens is 362 g/mol. The van der Waals surface area contributed by atoms with Gasteiger partial charge in [0.1, 0.15) is 18.1 Å². The molecule has 0 aliphatic carbocycles. The van der Waals surface area contributed by atoms with Crippen LogP contribution < -0.4 is 9.47 Å². The molecule has 4 rings (SSSR count). The summed E-state index contributed by atoms with van der Waals surface area (Å²) < 4.78 is 11.6. The maximum absolute atomic E-state index is 13.0. The van der Waals surface area contributed by atoms with E-state index in [2.05, 4.69) is 25.1 Å². The van der Waals surface area contributed by atoms with Crippen molar-refractivity contribution in [2.45, 2.75) is 26.4 Å². The third kappa shape index (κ3) is 4.21. The van der Waals surface area contributed by atoms with Crippen LogP contribution in [0, 0.1) is 5.92 Å². The second kappa shape index (κ2) is 8.56. The van der Waals surface area contributed by atoms with Gasteiger partial charge < -0.3 is 14.4 Å². The normalized spacial score (nSPS) is 14.8. The molecule has 1 aliphatic rings. The van der Waals surface area contributed by atoms with Gasteiger partial charge in [-0.25, -0.2) is 0 Å². The minimum absolute atomic E-state index is 0.0889. The fourth-order valence-electron chi connectivity index (χ4n) is 3.90. The molecule has 0 unspecified atom stereocenters. The molecule has 1 amide bonds. The molecule has 0 bridgehead atoms. The van der Waals surface area contributed by atoms with Crippen molar-refractivity contribution in [1.29, 1.82) is 0 Å². The fourth-order valence-corrected chi connectivity index (χ4v) is 3.90. The number of likely N-dealkylation sites (tertiary alicyclic amines) is 1. The average molecular weight is 389 g/mol. The molecule has 0 radical (unpaired) electrons. The molecule has 3 aromatic carbocycles. The summed E-state index contributed by atoms with van der Waals surface area (Å²) in [5.41, 5.74) is 1.56. The second-order valence-corrected chi connectivity index (χ2v) is 7.77. The molecule has 1 heterocycles. The van der Waals surface area contributed by atoms with Crippen LogP contribution in [-0.4, -0.2) is 31.0 Å². The number of benzene rings is 3. The lowest BCUT2D eigenvalue weighted by molar-refractivity contribution is 0.0697. The van der Waals surface area contributed by atoms with Gasteiger partial charge in [-0.05, 0) is 48.4 Å². The summed E-state index contributed by atoms with van der Waals surface area (Å²) in [4.78, 5) is 14.9. The Bertz CT molecular complexity index is 1000. The van der Waals surface area contributed by atoms with Gasteiger partial charge in [-0.3, -0.25) is 4.79 Å². The smallest absolute Gasteiger partial charge is 0.253 e. The molecule has 150 valence electrons. The van der Waals surface area contributed by atoms with E-state index in [1.54, 1.807) is 7.11 Å². The molecule has 0 saturated carbocycles. The Morgan fingerprint density at radius 2 is 1.76 bits per heavy atom. The lowest BCUT2D eigenvalue weighted by Crippen LogP contribution is -2.37. The Kier molecular flexibility index (Phi) is 5.70. The third-order valence-electron chi connectivity index (χ3n) is 5.73. The molecule has 0 N–H and O–H groups in total. The topological polar surface area (TPSA) is 38.8 Å². The number of amides is 1. The van der Waals surface area contributed by atoms with E-state index in [-0.39, 0.29) is 5.91 Å². The Morgan fingerprint density at radius 3 is 2.55 bits per heavy atom. The van der Waals surface area contributed by atoms with Gasteiger partial charge in [0.05, 0.1) is 7.11 Å². The number of carbonyl (C=O) groups excluding carboxylic acids is 1. The number of methoxy groups -OCH3 is 1. The van der Waals surface area contributed by atoms with Crippen LogP contribution in [0.2, 0.25) is 0 Å². The van der Waals surface area contributed by atoms with Crippen LogP contribution in [0.4, 0.5) is 0 Å². The largest absolute Gasteiger partial charge is 0.496 e. The molecule has 1 fully saturated rings. The third-order valence-corrected chi connectivity index (χ3v) is 5.73. The van der Waals surface area contributed by atoms with E-state index in [4.69, 9.17) is 9.47 Å². The van der Waals surface area contributed by atoms with Crippen LogP contribution in [0.5, 0.6) is 11.5 Å². The van der Waals surface area contributed by atoms with E-state index in [9.17, 15) is 4.79 Å². The minimum Gasteiger partial charge on any atom is -0.496 e. The SMILES string of the molecule is COc1ccc(C(=O)N2CCC(C)CC2)cc1COc1cccc2ccccc12. The predicted octanol–water partition coefficient (Wildman–Crippen LogP) is 5.30. The van der Waals surface area contributed by atoms with Gasteiger partial charge in [0, 0.05) is 29.6 Å². The number of nitrogens with zero attached hydrogens (tertiary/aromatic N) is 1. The van der Waals surface area contributed by atoms with Crippen molar-refractivity contribution in [1.82, 2.24) is 4.90 Å². The summed E-state index contributed by atoms with van der Waals surface area (Å²) >= 11 is 0. The zero-order valence-corrected chi connectivity index (χ0v) is 17.1. The molecular formula is C25H27NO3. The van der Waals surface area contributed by atoms with Gasteiger partial charge in [-0.1, -0.05) is 43.3 Å². The van der Waals surface area contributed by atoms with Crippen molar-refractivity contribution in [3.63, 3.8) is 0 Å². The standard InChI is InChI=1S/C25H27NO3/c1-18-12-14-26(15-13-18)25(27)20-10-11-23(28-2)21(16-20)17-29-24-9-5-7-19-6-3-4-8-22(19)24/h3-11,16,18H,12-15,17H2,1-2H3. The number of hydrogen-bond acceptors (Lipinski definition) is 3. The number of carbonyl (C=O) groups is 1. The highest BCUT2D eigenvalue weighted by atomic mass is 16.5. The Hall–Kier alpha value is -3.01. The van der Waals surface area contributed by atoms with Crippen LogP contribution >= 0.6 is 0 Å². The fraction of sp³-hybridized carbons (Fsp3) is 0.320. The first-order valence-electron chi connectivity index (χ1n) is 10.2. The van der Waals surface area contributed by atoms with Gasteiger partial charge in [0.2, 0.25) is 0 Å². The van der Waals surface area contributed by atoms with E-state index >= 15 is 0 Å². The number of ether oxygens (including phenoxy) is 2. The first-order chi connectivity index (χ1) is 14.2. The zero-order chi connectivity index (χ0) is 20.2. The summed E-state index contributed by atoms with van der Waals surface area (Å²) in [5, 5.41) is 2.21. The lowest BCUT2D eigenvalue weighted by atomic mass is 9.98. The Morgan fingerprint density at radius 1 is 1.00 bits per heavy atom. The summed E-state index contributed by atoms with van der Waals surface area (Å²) in [5.74, 6) is 2.34. The molecule has 3 aromatic rings. The highest BCUT2D eigenvalue weighted by Gasteiger charge is 2.22. The average Bonchev–Trinajstić information content (AvgIpc) is 2.77. The molecule has 29 heavy (non-hydrogen) atoms. The van der Waals surface area contributed by atoms with Crippen molar-refractivity contribution < 1.29 is 14.3 Å². The zero-order valence-electron chi connectivity index (χ0n) is 17.1. The molecule has 1 aliphatic heterocycles. The van der Waals surface area contributed by atoms with Crippen molar-refractivity contribution >= 4 is 16.7 Å². The van der Waals surface area contributed by atoms with Gasteiger partial charge in [0.25, 0.3) is 5.91 Å². The maximum atomic E-state index is 13.0. The summed E-state index contributed by atoms with van der Waals surface area (Å²) in [6.45, 7) is 4.25. The minimum atomic E-state index is 0.0889. The van der Waals surface area contributed by atoms with Gasteiger partial charge >= 0.3 is 0 Å². The van der Waals surface area contributed by atoms with E-state index in [1.165, 1.54) is 0 Å². The van der Waals surface area contributed by atoms with E-state index in [0.717, 1.165) is 53.8 Å². The van der Waals surface area contributed by atoms with E-state index in [0.29, 0.717) is 18.1 Å². The second-order valence-electron chi connectivity index (χ2n) is 7.77. The molecule has 0 spiro atoms. The summed E-state index contributed by atoms with van der Waals surface area (Å²) in [6, 6.07) is 19.8.